The van der Waals surface area contributed by atoms with Crippen LogP contribution < -0.4 is 0 Å². The highest BCUT2D eigenvalue weighted by Gasteiger charge is 2.64. The molecule has 8 heteroatoms. The molecule has 1 rings (SSSR count). The molecule has 0 aromatic carbocycles. The second-order valence-electron chi connectivity index (χ2n) is 6.19. The van der Waals surface area contributed by atoms with Crippen molar-refractivity contribution in [1.29, 1.82) is 0 Å². The van der Waals surface area contributed by atoms with Crippen LogP contribution in [0.25, 0.3) is 0 Å². The summed E-state index contributed by atoms with van der Waals surface area (Å²) in [5.41, 5.74) is -4.39. The zero-order valence-electron chi connectivity index (χ0n) is 14.7. The molecule has 0 bridgehead atoms. The lowest BCUT2D eigenvalue weighted by molar-refractivity contribution is -0.201. The number of hydrogen-bond acceptors (Lipinski definition) is 6. The van der Waals surface area contributed by atoms with Crippen molar-refractivity contribution in [3.63, 3.8) is 0 Å². The van der Waals surface area contributed by atoms with Crippen molar-refractivity contribution in [2.24, 2.45) is 5.41 Å². The Morgan fingerprint density at radius 1 is 1.04 bits per heavy atom. The van der Waals surface area contributed by atoms with Crippen molar-refractivity contribution in [1.82, 2.24) is 0 Å². The zero-order chi connectivity index (χ0) is 20.1. The van der Waals surface area contributed by atoms with Crippen LogP contribution in [0, 0.1) is 5.41 Å². The Morgan fingerprint density at radius 2 is 1.62 bits per heavy atom. The molecular formula is C18H22O8. The molecule has 0 aromatic heterocycles. The third kappa shape index (κ3) is 3.84. The number of carbonyl (C=O) groups excluding carboxylic acids is 2. The fourth-order valence-corrected chi connectivity index (χ4v) is 2.72. The smallest absolute Gasteiger partial charge is 0.349 e. The van der Waals surface area contributed by atoms with E-state index in [1.165, 1.54) is 26.0 Å². The number of carbonyl (C=O) groups is 4. The van der Waals surface area contributed by atoms with E-state index in [1.54, 1.807) is 0 Å². The van der Waals surface area contributed by atoms with Crippen molar-refractivity contribution < 1.29 is 38.9 Å². The van der Waals surface area contributed by atoms with Gasteiger partial charge in [0.25, 0.3) is 0 Å². The summed E-state index contributed by atoms with van der Waals surface area (Å²) >= 11 is 0. The fraction of sp³-hybridized carbons (Fsp3) is 0.444. The molecular weight excluding hydrogens is 344 g/mol. The molecule has 0 heterocycles. The summed E-state index contributed by atoms with van der Waals surface area (Å²) in [4.78, 5) is 47.6. The monoisotopic (exact) mass is 366 g/mol. The van der Waals surface area contributed by atoms with Gasteiger partial charge in [-0.15, -0.1) is 0 Å². The summed E-state index contributed by atoms with van der Waals surface area (Å²) in [7, 11) is 0. The first-order chi connectivity index (χ1) is 12.0. The highest BCUT2D eigenvalue weighted by molar-refractivity contribution is 5.95. The number of rotatable bonds is 8. The summed E-state index contributed by atoms with van der Waals surface area (Å²) in [5, 5.41) is 19.6. The maximum atomic E-state index is 12.1. The van der Waals surface area contributed by atoms with E-state index in [9.17, 15) is 29.4 Å². The van der Waals surface area contributed by atoms with E-state index in [1.807, 2.05) is 0 Å². The second-order valence-corrected chi connectivity index (χ2v) is 6.19. The van der Waals surface area contributed by atoms with Gasteiger partial charge in [-0.2, -0.15) is 0 Å². The van der Waals surface area contributed by atoms with Crippen molar-refractivity contribution in [3.05, 3.63) is 36.5 Å². The summed E-state index contributed by atoms with van der Waals surface area (Å²) in [5.74, 6) is -4.83. The predicted octanol–water partition coefficient (Wildman–Crippen LogP) is 1.86. The Labute approximate surface area is 150 Å². The minimum atomic E-state index is -2.35. The Hall–Kier alpha value is -2.90. The lowest BCUT2D eigenvalue weighted by Crippen LogP contribution is -2.61. The van der Waals surface area contributed by atoms with E-state index in [0.717, 1.165) is 0 Å². The number of hydrogen-bond donors (Lipinski definition) is 2. The molecule has 26 heavy (non-hydrogen) atoms. The normalized spacial score (nSPS) is 24.4. The molecule has 2 N–H and O–H groups in total. The van der Waals surface area contributed by atoms with Crippen molar-refractivity contribution >= 4 is 23.9 Å². The Balaban J connectivity index is 3.32. The zero-order valence-corrected chi connectivity index (χ0v) is 14.7. The lowest BCUT2D eigenvalue weighted by atomic mass is 9.64. The third-order valence-electron chi connectivity index (χ3n) is 4.21. The van der Waals surface area contributed by atoms with Crippen LogP contribution in [-0.4, -0.2) is 46.3 Å². The maximum Gasteiger partial charge on any atom is 0.349 e. The largest absolute Gasteiger partial charge is 0.480 e. The molecule has 0 spiro atoms. The van der Waals surface area contributed by atoms with Crippen LogP contribution in [0.15, 0.2) is 36.5 Å². The van der Waals surface area contributed by atoms with Crippen LogP contribution in [-0.2, 0) is 28.7 Å². The fourth-order valence-electron chi connectivity index (χ4n) is 2.72. The molecule has 0 aliphatic heterocycles. The van der Waals surface area contributed by atoms with Gasteiger partial charge in [-0.3, -0.25) is 4.79 Å². The summed E-state index contributed by atoms with van der Waals surface area (Å²) in [6, 6.07) is 0. The number of ether oxygens (including phenoxy) is 2. The van der Waals surface area contributed by atoms with Gasteiger partial charge < -0.3 is 19.7 Å². The van der Waals surface area contributed by atoms with E-state index in [2.05, 4.69) is 13.2 Å². The second kappa shape index (κ2) is 7.99. The van der Waals surface area contributed by atoms with Gasteiger partial charge in [-0.05, 0) is 20.3 Å². The van der Waals surface area contributed by atoms with Gasteiger partial charge in [0.05, 0.1) is 6.61 Å². The average Bonchev–Trinajstić information content (AvgIpc) is 2.55. The van der Waals surface area contributed by atoms with Gasteiger partial charge in [0.2, 0.25) is 5.60 Å². The average molecular weight is 366 g/mol. The van der Waals surface area contributed by atoms with E-state index >= 15 is 0 Å². The Kier molecular flexibility index (Phi) is 6.49. The predicted molar refractivity (Wildman–Crippen MR) is 90.1 cm³/mol. The molecule has 1 aliphatic carbocycles. The van der Waals surface area contributed by atoms with Gasteiger partial charge >= 0.3 is 23.9 Å². The standard InChI is InChI=1S/C18H22O8/c1-11(2)13(19)25-10-9-17(15(21)22)7-5-6-8-18(17,16(23)24)26-14(20)12(3)4/h5,7H,1,3,6,8-10H2,2,4H3,(H,21,22)(H,23,24). The lowest BCUT2D eigenvalue weighted by Gasteiger charge is -2.44. The molecule has 2 atom stereocenters. The molecule has 1 aliphatic rings. The van der Waals surface area contributed by atoms with E-state index in [-0.39, 0.29) is 30.6 Å². The van der Waals surface area contributed by atoms with Crippen LogP contribution in [0.1, 0.15) is 33.1 Å². The molecule has 0 amide bonds. The summed E-state index contributed by atoms with van der Waals surface area (Å²) < 4.78 is 10.1. The number of aliphatic carboxylic acids is 2. The van der Waals surface area contributed by atoms with E-state index in [4.69, 9.17) is 9.47 Å². The van der Waals surface area contributed by atoms with E-state index in [0.29, 0.717) is 0 Å². The molecule has 0 saturated carbocycles. The summed E-state index contributed by atoms with van der Waals surface area (Å²) in [6.45, 7) is 9.17. The molecule has 0 fully saturated rings. The molecule has 142 valence electrons. The maximum absolute atomic E-state index is 12.1. The van der Waals surface area contributed by atoms with E-state index < -0.39 is 41.3 Å². The minimum absolute atomic E-state index is 0.0619. The van der Waals surface area contributed by atoms with Crippen molar-refractivity contribution in [2.75, 3.05) is 6.61 Å². The van der Waals surface area contributed by atoms with Crippen molar-refractivity contribution in [2.45, 2.75) is 38.7 Å². The van der Waals surface area contributed by atoms with Crippen LogP contribution in [0.2, 0.25) is 0 Å². The first kappa shape index (κ1) is 21.1. The minimum Gasteiger partial charge on any atom is -0.480 e. The van der Waals surface area contributed by atoms with Crippen molar-refractivity contribution in [3.8, 4) is 0 Å². The van der Waals surface area contributed by atoms with Crippen LogP contribution in [0.4, 0.5) is 0 Å². The SMILES string of the molecule is C=C(C)C(=O)OCCC1(C(=O)O)C=CCCC1(OC(=O)C(=C)C)C(=O)O. The molecule has 0 aromatic rings. The Bertz CT molecular complexity index is 689. The van der Waals surface area contributed by atoms with Gasteiger partial charge in [0.15, 0.2) is 0 Å². The molecule has 8 nitrogen and oxygen atoms in total. The highest BCUT2D eigenvalue weighted by Crippen LogP contribution is 2.47. The first-order valence-corrected chi connectivity index (χ1v) is 7.86. The highest BCUT2D eigenvalue weighted by atomic mass is 16.6. The topological polar surface area (TPSA) is 127 Å². The number of allylic oxidation sites excluding steroid dienone is 1. The molecule has 0 radical (unpaired) electrons. The van der Waals surface area contributed by atoms with Crippen LogP contribution in [0.5, 0.6) is 0 Å². The van der Waals surface area contributed by atoms with Gasteiger partial charge in [-0.1, -0.05) is 25.3 Å². The van der Waals surface area contributed by atoms with Crippen LogP contribution >= 0.6 is 0 Å². The third-order valence-corrected chi connectivity index (χ3v) is 4.21. The van der Waals surface area contributed by atoms with Crippen LogP contribution in [0.3, 0.4) is 0 Å². The number of esters is 2. The quantitative estimate of drug-likeness (QED) is 0.378. The van der Waals surface area contributed by atoms with Gasteiger partial charge in [0, 0.05) is 24.0 Å². The molecule has 0 saturated heterocycles. The molecule has 2 unspecified atom stereocenters. The summed E-state index contributed by atoms with van der Waals surface area (Å²) in [6.07, 6.45) is 2.26. The van der Waals surface area contributed by atoms with Gasteiger partial charge in [0.1, 0.15) is 5.41 Å². The Morgan fingerprint density at radius 3 is 2.08 bits per heavy atom. The first-order valence-electron chi connectivity index (χ1n) is 7.86. The van der Waals surface area contributed by atoms with Gasteiger partial charge in [-0.25, -0.2) is 14.4 Å². The number of carboxylic acids is 2. The number of carboxylic acid groups (broad SMARTS) is 2.